The molecule has 0 saturated carbocycles. The van der Waals surface area contributed by atoms with E-state index in [2.05, 4.69) is 5.32 Å². The molecule has 0 aromatic heterocycles. The second-order valence-electron chi connectivity index (χ2n) is 7.05. The van der Waals surface area contributed by atoms with Gasteiger partial charge in [0.15, 0.2) is 11.6 Å². The van der Waals surface area contributed by atoms with Crippen molar-refractivity contribution in [2.45, 2.75) is 26.4 Å². The van der Waals surface area contributed by atoms with E-state index in [9.17, 15) is 24.6 Å². The normalized spacial score (nSPS) is 13.4. The van der Waals surface area contributed by atoms with E-state index in [1.807, 2.05) is 13.8 Å². The number of aromatic hydroxyl groups is 2. The van der Waals surface area contributed by atoms with E-state index >= 15 is 0 Å². The number of ether oxygens (including phenoxy) is 1. The molecule has 0 spiro atoms. The SMILES string of the molecule is CC(C)=CC[C@@H](OC(=O)Nc1ccccc1)c1cc(O)c2c(c1O)C(=O)C=CC2=O. The van der Waals surface area contributed by atoms with Crippen molar-refractivity contribution in [1.29, 1.82) is 0 Å². The molecule has 1 atom stereocenters. The molecule has 1 aliphatic carbocycles. The first kappa shape index (κ1) is 20.9. The van der Waals surface area contributed by atoms with E-state index in [0.29, 0.717) is 5.69 Å². The predicted octanol–water partition coefficient (Wildman–Crippen LogP) is 4.68. The van der Waals surface area contributed by atoms with Gasteiger partial charge in [-0.15, -0.1) is 0 Å². The van der Waals surface area contributed by atoms with Gasteiger partial charge in [-0.1, -0.05) is 29.8 Å². The molecule has 0 bridgehead atoms. The summed E-state index contributed by atoms with van der Waals surface area (Å²) in [6.07, 6.45) is 2.27. The Kier molecular flexibility index (Phi) is 6.01. The van der Waals surface area contributed by atoms with Crippen LogP contribution >= 0.6 is 0 Å². The summed E-state index contributed by atoms with van der Waals surface area (Å²) in [6.45, 7) is 3.72. The highest BCUT2D eigenvalue weighted by atomic mass is 16.6. The molecule has 0 saturated heterocycles. The lowest BCUT2D eigenvalue weighted by Crippen LogP contribution is -2.19. The Balaban J connectivity index is 1.98. The van der Waals surface area contributed by atoms with Crippen molar-refractivity contribution >= 4 is 23.3 Å². The summed E-state index contributed by atoms with van der Waals surface area (Å²) in [7, 11) is 0. The summed E-state index contributed by atoms with van der Waals surface area (Å²) in [5.74, 6) is -2.17. The number of anilines is 1. The Morgan fingerprint density at radius 2 is 1.70 bits per heavy atom. The number of phenolic OH excluding ortho intramolecular Hbond substituents is 2. The zero-order valence-electron chi connectivity index (χ0n) is 16.5. The number of carbonyl (C=O) groups is 3. The lowest BCUT2D eigenvalue weighted by atomic mass is 9.89. The zero-order valence-corrected chi connectivity index (χ0v) is 16.5. The number of hydrogen-bond donors (Lipinski definition) is 3. The van der Waals surface area contributed by atoms with Gasteiger partial charge >= 0.3 is 6.09 Å². The molecule has 0 aliphatic heterocycles. The van der Waals surface area contributed by atoms with Crippen LogP contribution in [-0.2, 0) is 4.74 Å². The number of amides is 1. The number of phenols is 2. The monoisotopic (exact) mass is 407 g/mol. The second-order valence-corrected chi connectivity index (χ2v) is 7.05. The molecule has 7 nitrogen and oxygen atoms in total. The van der Waals surface area contributed by atoms with Gasteiger partial charge in [0.05, 0.1) is 11.1 Å². The van der Waals surface area contributed by atoms with Crippen LogP contribution in [-0.4, -0.2) is 27.9 Å². The van der Waals surface area contributed by atoms with Crippen molar-refractivity contribution in [3.8, 4) is 11.5 Å². The fraction of sp³-hybridized carbons (Fsp3) is 0.174. The smallest absolute Gasteiger partial charge is 0.412 e. The number of fused-ring (bicyclic) bond motifs is 1. The summed E-state index contributed by atoms with van der Waals surface area (Å²) >= 11 is 0. The first-order valence-corrected chi connectivity index (χ1v) is 9.29. The van der Waals surface area contributed by atoms with Gasteiger partial charge in [0.1, 0.15) is 17.6 Å². The van der Waals surface area contributed by atoms with E-state index in [0.717, 1.165) is 23.8 Å². The third-order valence-electron chi connectivity index (χ3n) is 4.54. The van der Waals surface area contributed by atoms with Crippen LogP contribution in [0.1, 0.15) is 52.7 Å². The van der Waals surface area contributed by atoms with Crippen LogP contribution in [0, 0.1) is 0 Å². The van der Waals surface area contributed by atoms with Crippen molar-refractivity contribution in [1.82, 2.24) is 0 Å². The van der Waals surface area contributed by atoms with Gasteiger partial charge in [-0.3, -0.25) is 14.9 Å². The number of allylic oxidation sites excluding steroid dienone is 3. The summed E-state index contributed by atoms with van der Waals surface area (Å²) < 4.78 is 5.50. The van der Waals surface area contributed by atoms with Crippen molar-refractivity contribution in [3.63, 3.8) is 0 Å². The topological polar surface area (TPSA) is 113 Å². The fourth-order valence-corrected chi connectivity index (χ4v) is 3.11. The molecule has 0 fully saturated rings. The van der Waals surface area contributed by atoms with Crippen molar-refractivity contribution in [3.05, 3.63) is 76.9 Å². The first-order valence-electron chi connectivity index (χ1n) is 9.29. The highest BCUT2D eigenvalue weighted by Gasteiger charge is 2.31. The lowest BCUT2D eigenvalue weighted by Gasteiger charge is -2.22. The number of benzene rings is 2. The van der Waals surface area contributed by atoms with Gasteiger partial charge < -0.3 is 14.9 Å². The number of ketones is 2. The number of nitrogens with one attached hydrogen (secondary N) is 1. The standard InChI is InChI=1S/C23H21NO6/c1-13(2)8-11-19(30-23(29)24-14-6-4-3-5-7-14)15-12-18(27)20-16(25)9-10-17(26)21(20)22(15)28/h3-10,12,19,27-28H,11H2,1-2H3,(H,24,29)/t19-/m1/s1. The highest BCUT2D eigenvalue weighted by Crippen LogP contribution is 2.41. The molecule has 30 heavy (non-hydrogen) atoms. The number of hydrogen-bond acceptors (Lipinski definition) is 6. The average Bonchev–Trinajstić information content (AvgIpc) is 2.70. The number of para-hydroxylation sites is 1. The molecule has 1 aliphatic rings. The molecule has 3 N–H and O–H groups in total. The Morgan fingerprint density at radius 1 is 1.07 bits per heavy atom. The number of rotatable bonds is 5. The molecule has 7 heteroatoms. The molecular formula is C23H21NO6. The quantitative estimate of drug-likeness (QED) is 0.490. The summed E-state index contributed by atoms with van der Waals surface area (Å²) in [4.78, 5) is 36.7. The van der Waals surface area contributed by atoms with Crippen LogP contribution in [0.15, 0.2) is 60.2 Å². The maximum atomic E-state index is 12.4. The predicted molar refractivity (Wildman–Crippen MR) is 111 cm³/mol. The van der Waals surface area contributed by atoms with Crippen LogP contribution in [0.25, 0.3) is 0 Å². The summed E-state index contributed by atoms with van der Waals surface area (Å²) in [5.41, 5.74) is 0.934. The Morgan fingerprint density at radius 3 is 2.33 bits per heavy atom. The average molecular weight is 407 g/mol. The third kappa shape index (κ3) is 4.41. The van der Waals surface area contributed by atoms with Gasteiger partial charge in [-0.05, 0) is 44.2 Å². The van der Waals surface area contributed by atoms with Gasteiger partial charge in [0.25, 0.3) is 0 Å². The van der Waals surface area contributed by atoms with E-state index in [4.69, 9.17) is 4.74 Å². The van der Waals surface area contributed by atoms with Gasteiger partial charge in [0.2, 0.25) is 0 Å². The van der Waals surface area contributed by atoms with Gasteiger partial charge in [-0.25, -0.2) is 4.79 Å². The van der Waals surface area contributed by atoms with Crippen LogP contribution in [0.2, 0.25) is 0 Å². The molecule has 2 aromatic carbocycles. The molecule has 0 heterocycles. The van der Waals surface area contributed by atoms with E-state index in [1.54, 1.807) is 36.4 Å². The molecule has 154 valence electrons. The number of carbonyl (C=O) groups excluding carboxylic acids is 3. The second kappa shape index (κ2) is 8.65. The minimum Gasteiger partial charge on any atom is -0.507 e. The minimum absolute atomic E-state index is 0.0309. The first-order chi connectivity index (χ1) is 14.3. The maximum Gasteiger partial charge on any atom is 0.412 e. The largest absolute Gasteiger partial charge is 0.507 e. The summed E-state index contributed by atoms with van der Waals surface area (Å²) in [5, 5.41) is 23.7. The Hall–Kier alpha value is -3.87. The van der Waals surface area contributed by atoms with Gasteiger partial charge in [0, 0.05) is 17.7 Å². The molecule has 0 radical (unpaired) electrons. The van der Waals surface area contributed by atoms with Crippen molar-refractivity contribution in [2.24, 2.45) is 0 Å². The van der Waals surface area contributed by atoms with E-state index in [1.165, 1.54) is 0 Å². The van der Waals surface area contributed by atoms with Gasteiger partial charge in [-0.2, -0.15) is 0 Å². The van der Waals surface area contributed by atoms with Crippen molar-refractivity contribution < 1.29 is 29.3 Å². The van der Waals surface area contributed by atoms with Crippen LogP contribution in [0.3, 0.4) is 0 Å². The minimum atomic E-state index is -1.01. The van der Waals surface area contributed by atoms with E-state index < -0.39 is 35.3 Å². The van der Waals surface area contributed by atoms with Crippen LogP contribution in [0.5, 0.6) is 11.5 Å². The van der Waals surface area contributed by atoms with Crippen molar-refractivity contribution in [2.75, 3.05) is 5.32 Å². The Labute approximate surface area is 173 Å². The molecule has 1 amide bonds. The van der Waals surface area contributed by atoms with Crippen LogP contribution < -0.4 is 5.32 Å². The fourth-order valence-electron chi connectivity index (χ4n) is 3.11. The summed E-state index contributed by atoms with van der Waals surface area (Å²) in [6, 6.07) is 9.82. The maximum absolute atomic E-state index is 12.4. The highest BCUT2D eigenvalue weighted by molar-refractivity contribution is 6.24. The molecule has 2 aromatic rings. The Bertz CT molecular complexity index is 1060. The molecular weight excluding hydrogens is 386 g/mol. The third-order valence-corrected chi connectivity index (χ3v) is 4.54. The molecule has 0 unspecified atom stereocenters. The van der Waals surface area contributed by atoms with E-state index in [-0.39, 0.29) is 23.1 Å². The zero-order chi connectivity index (χ0) is 21.8. The molecule has 3 rings (SSSR count). The van der Waals surface area contributed by atoms with Crippen LogP contribution in [0.4, 0.5) is 10.5 Å². The lowest BCUT2D eigenvalue weighted by molar-refractivity contribution is 0.0984.